The largest absolute Gasteiger partial charge is 0.475 e. The molecule has 0 aliphatic rings. The molecule has 0 aliphatic carbocycles. The first-order chi connectivity index (χ1) is 25.8. The Balaban J connectivity index is 0.000000291. The maximum absolute atomic E-state index is 12.9. The van der Waals surface area contributed by atoms with Crippen molar-refractivity contribution in [3.8, 4) is 0 Å². The number of carbonyl (C=O) groups excluding carboxylic acids is 4. The van der Waals surface area contributed by atoms with Gasteiger partial charge in [-0.1, -0.05) is 88.4 Å². The summed E-state index contributed by atoms with van der Waals surface area (Å²) in [6.07, 6.45) is 9.30. The lowest BCUT2D eigenvalue weighted by Gasteiger charge is -2.23. The van der Waals surface area contributed by atoms with Crippen molar-refractivity contribution in [1.82, 2.24) is 30.6 Å². The quantitative estimate of drug-likeness (QED) is 0.0531. The van der Waals surface area contributed by atoms with Crippen molar-refractivity contribution in [3.63, 3.8) is 0 Å². The van der Waals surface area contributed by atoms with Gasteiger partial charge in [0.2, 0.25) is 11.8 Å². The van der Waals surface area contributed by atoms with E-state index in [0.717, 1.165) is 11.1 Å². The Kier molecular flexibility index (Phi) is 18.2. The molecule has 0 spiro atoms. The summed E-state index contributed by atoms with van der Waals surface area (Å²) in [4.78, 5) is 66.4. The Bertz CT molecular complexity index is 1720. The van der Waals surface area contributed by atoms with E-state index in [4.69, 9.17) is 0 Å². The number of rotatable bonds is 19. The molecule has 4 rings (SSSR count). The van der Waals surface area contributed by atoms with Crippen molar-refractivity contribution in [2.24, 2.45) is 23.7 Å². The van der Waals surface area contributed by atoms with Gasteiger partial charge in [0, 0.05) is 49.5 Å². The highest BCUT2D eigenvalue weighted by Gasteiger charge is 2.31. The molecule has 286 valence electrons. The third-order valence-electron chi connectivity index (χ3n) is 8.37. The zero-order valence-corrected chi connectivity index (χ0v) is 31.3. The maximum atomic E-state index is 12.9. The van der Waals surface area contributed by atoms with Crippen molar-refractivity contribution >= 4 is 30.5 Å². The number of carbonyl (C=O) groups is 4. The SMILES string of the molecule is CC(C)C[C@@H](O)NC(=O)[C@@H](CC(=O)c1cnccn1)Cc1ccccc1.CC(C)C[C@H](NC(=O)[C@@H](CC(=O)c1cnccn1)Cc1ccccc1)B(O)O. The van der Waals surface area contributed by atoms with Gasteiger partial charge in [-0.05, 0) is 48.6 Å². The predicted octanol–water partition coefficient (Wildman–Crippen LogP) is 3.84. The molecule has 0 unspecified atom stereocenters. The fraction of sp³-hybridized carbons (Fsp3) is 0.400. The minimum atomic E-state index is -1.67. The second kappa shape index (κ2) is 22.8. The van der Waals surface area contributed by atoms with Gasteiger partial charge >= 0.3 is 7.12 Å². The first-order valence-corrected chi connectivity index (χ1v) is 18.1. The molecule has 4 atom stereocenters. The minimum absolute atomic E-state index is 0.00776. The smallest absolute Gasteiger partial charge is 0.426 e. The van der Waals surface area contributed by atoms with E-state index in [1.54, 1.807) is 0 Å². The van der Waals surface area contributed by atoms with E-state index < -0.39 is 31.1 Å². The van der Waals surface area contributed by atoms with Crippen LogP contribution in [0, 0.1) is 23.7 Å². The third-order valence-corrected chi connectivity index (χ3v) is 8.37. The highest BCUT2D eigenvalue weighted by Crippen LogP contribution is 2.18. The summed E-state index contributed by atoms with van der Waals surface area (Å²) in [6, 6.07) is 18.9. The molecule has 2 aromatic heterocycles. The van der Waals surface area contributed by atoms with Crippen LogP contribution in [0.5, 0.6) is 0 Å². The summed E-state index contributed by atoms with van der Waals surface area (Å²) >= 11 is 0. The summed E-state index contributed by atoms with van der Waals surface area (Å²) in [5, 5.41) is 34.5. The number of nitrogens with one attached hydrogen (secondary N) is 2. The number of hydrogen-bond acceptors (Lipinski definition) is 11. The van der Waals surface area contributed by atoms with Gasteiger partial charge in [0.25, 0.3) is 0 Å². The Hall–Kier alpha value is -5.18. The summed E-state index contributed by atoms with van der Waals surface area (Å²) < 4.78 is 0. The van der Waals surface area contributed by atoms with Gasteiger partial charge in [0.15, 0.2) is 11.6 Å². The molecule has 0 radical (unpaired) electrons. The summed E-state index contributed by atoms with van der Waals surface area (Å²) in [5.41, 5.74) is 2.31. The molecular formula is C40H51BN6O7. The molecular weight excluding hydrogens is 687 g/mol. The number of aromatic nitrogens is 4. The molecule has 0 bridgehead atoms. The Morgan fingerprint density at radius 3 is 1.43 bits per heavy atom. The highest BCUT2D eigenvalue weighted by atomic mass is 16.4. The highest BCUT2D eigenvalue weighted by molar-refractivity contribution is 6.43. The lowest BCUT2D eigenvalue weighted by Crippen LogP contribution is -2.49. The van der Waals surface area contributed by atoms with Crippen LogP contribution in [0.25, 0.3) is 0 Å². The lowest BCUT2D eigenvalue weighted by molar-refractivity contribution is -0.128. The van der Waals surface area contributed by atoms with Crippen LogP contribution in [0.15, 0.2) is 97.8 Å². The first kappa shape index (κ1) is 43.2. The van der Waals surface area contributed by atoms with E-state index in [2.05, 4.69) is 30.6 Å². The van der Waals surface area contributed by atoms with Gasteiger partial charge in [0.05, 0.1) is 18.3 Å². The standard InChI is InChI=1S/C20H26BN3O4.C20H25N3O3/c1-14(2)10-19(21(27)28)24-20(26)16(11-15-6-4-3-5-7-15)12-18(25)17-13-22-8-9-23-17;1-14(2)10-19(25)23-20(26)16(11-15-6-4-3-5-7-15)12-18(24)17-13-21-8-9-22-17/h3-9,13-14,16,19,27-28H,10-12H2,1-2H3,(H,24,26);3-9,13-14,16,19,25H,10-12H2,1-2H3,(H,23,26)/t16-,19+;16-,19-/m11/s1. The number of amides is 2. The van der Waals surface area contributed by atoms with Gasteiger partial charge in [-0.15, -0.1) is 0 Å². The van der Waals surface area contributed by atoms with Crippen molar-refractivity contribution in [3.05, 3.63) is 120 Å². The van der Waals surface area contributed by atoms with Crippen LogP contribution in [0.1, 0.15) is 85.5 Å². The molecule has 0 aliphatic heterocycles. The van der Waals surface area contributed by atoms with Crippen LogP contribution in [-0.4, -0.2) is 77.8 Å². The third kappa shape index (κ3) is 15.8. The van der Waals surface area contributed by atoms with Crippen molar-refractivity contribution < 1.29 is 34.3 Å². The molecule has 54 heavy (non-hydrogen) atoms. The number of aliphatic hydroxyl groups is 1. The van der Waals surface area contributed by atoms with Crippen molar-refractivity contribution in [2.75, 3.05) is 0 Å². The number of ketones is 2. The molecule has 2 aromatic carbocycles. The van der Waals surface area contributed by atoms with Crippen LogP contribution in [0.2, 0.25) is 0 Å². The fourth-order valence-electron chi connectivity index (χ4n) is 5.71. The molecule has 14 heteroatoms. The molecule has 0 fully saturated rings. The normalized spacial score (nSPS) is 13.1. The van der Waals surface area contributed by atoms with Gasteiger partial charge < -0.3 is 25.8 Å². The van der Waals surface area contributed by atoms with Crippen LogP contribution in [0.3, 0.4) is 0 Å². The fourth-order valence-corrected chi connectivity index (χ4v) is 5.71. The molecule has 13 nitrogen and oxygen atoms in total. The van der Waals surface area contributed by atoms with Crippen molar-refractivity contribution in [1.29, 1.82) is 0 Å². The number of benzene rings is 2. The molecule has 5 N–H and O–H groups in total. The van der Waals surface area contributed by atoms with Crippen LogP contribution in [0.4, 0.5) is 0 Å². The monoisotopic (exact) mass is 738 g/mol. The zero-order chi connectivity index (χ0) is 39.5. The maximum Gasteiger partial charge on any atom is 0.475 e. The van der Waals surface area contributed by atoms with Crippen LogP contribution in [-0.2, 0) is 22.4 Å². The zero-order valence-electron chi connectivity index (χ0n) is 31.3. The van der Waals surface area contributed by atoms with E-state index in [1.807, 2.05) is 88.4 Å². The number of Topliss-reactive ketones (excluding diaryl/α,β-unsaturated/α-hetero) is 2. The van der Waals surface area contributed by atoms with Crippen LogP contribution >= 0.6 is 0 Å². The van der Waals surface area contributed by atoms with E-state index in [1.165, 1.54) is 37.2 Å². The predicted molar refractivity (Wildman–Crippen MR) is 204 cm³/mol. The second-order valence-corrected chi connectivity index (χ2v) is 14.0. The molecule has 2 heterocycles. The average molecular weight is 739 g/mol. The lowest BCUT2D eigenvalue weighted by atomic mass is 9.74. The van der Waals surface area contributed by atoms with E-state index in [-0.39, 0.29) is 59.4 Å². The summed E-state index contributed by atoms with van der Waals surface area (Å²) in [5.74, 6) is -2.88. The number of aliphatic hydroxyl groups excluding tert-OH is 1. The Morgan fingerprint density at radius 2 is 1.06 bits per heavy atom. The van der Waals surface area contributed by atoms with Crippen molar-refractivity contribution in [2.45, 2.75) is 78.4 Å². The summed E-state index contributed by atoms with van der Waals surface area (Å²) in [7, 11) is -1.67. The number of nitrogens with zero attached hydrogens (tertiary/aromatic N) is 4. The Morgan fingerprint density at radius 1 is 0.630 bits per heavy atom. The van der Waals surface area contributed by atoms with E-state index in [0.29, 0.717) is 25.7 Å². The van der Waals surface area contributed by atoms with E-state index in [9.17, 15) is 34.3 Å². The first-order valence-electron chi connectivity index (χ1n) is 18.1. The van der Waals surface area contributed by atoms with Gasteiger partial charge in [-0.2, -0.15) is 0 Å². The Labute approximate surface area is 317 Å². The van der Waals surface area contributed by atoms with Gasteiger partial charge in [-0.3, -0.25) is 29.1 Å². The molecule has 0 saturated carbocycles. The summed E-state index contributed by atoms with van der Waals surface area (Å²) in [6.45, 7) is 7.80. The van der Waals surface area contributed by atoms with Gasteiger partial charge in [-0.25, -0.2) is 9.97 Å². The van der Waals surface area contributed by atoms with E-state index >= 15 is 0 Å². The van der Waals surface area contributed by atoms with Gasteiger partial charge in [0.1, 0.15) is 17.6 Å². The van der Waals surface area contributed by atoms with Crippen LogP contribution < -0.4 is 10.6 Å². The number of hydrogen-bond donors (Lipinski definition) is 5. The molecule has 2 amide bonds. The molecule has 4 aromatic rings. The average Bonchev–Trinajstić information content (AvgIpc) is 3.15. The second-order valence-electron chi connectivity index (χ2n) is 14.0. The molecule has 0 saturated heterocycles. The topological polar surface area (TPSA) is 205 Å². The minimum Gasteiger partial charge on any atom is -0.426 e.